The maximum absolute atomic E-state index is 9.70. The summed E-state index contributed by atoms with van der Waals surface area (Å²) in [5, 5.41) is 19.4. The molecule has 3 rings (SSSR count). The van der Waals surface area contributed by atoms with E-state index in [1.807, 2.05) is 72.8 Å². The zero-order valence-corrected chi connectivity index (χ0v) is 36.5. The molecule has 0 saturated carbocycles. The first-order chi connectivity index (χ1) is 27.0. The first kappa shape index (κ1) is 45.9. The van der Waals surface area contributed by atoms with Crippen LogP contribution in [0.5, 0.6) is 11.5 Å². The van der Waals surface area contributed by atoms with Gasteiger partial charge in [0.05, 0.1) is 13.2 Å². The van der Waals surface area contributed by atoms with Crippen molar-refractivity contribution in [2.24, 2.45) is 0 Å². The summed E-state index contributed by atoms with van der Waals surface area (Å²) >= 11 is 7.21. The highest BCUT2D eigenvalue weighted by molar-refractivity contribution is 9.10. The summed E-state index contributed by atoms with van der Waals surface area (Å²) in [5.41, 5.74) is 2.32. The molecule has 0 N–H and O–H groups in total. The van der Waals surface area contributed by atoms with Crippen LogP contribution in [0.3, 0.4) is 0 Å². The number of halogens is 2. The lowest BCUT2D eigenvalue weighted by Gasteiger charge is -2.15. The maximum atomic E-state index is 9.70. The molecule has 0 fully saturated rings. The smallest absolute Gasteiger partial charge is 0.137 e. The van der Waals surface area contributed by atoms with Gasteiger partial charge in [-0.1, -0.05) is 161 Å². The van der Waals surface area contributed by atoms with Crippen LogP contribution in [0.4, 0.5) is 0 Å². The summed E-state index contributed by atoms with van der Waals surface area (Å²) in [4.78, 5) is 0. The van der Waals surface area contributed by atoms with Crippen LogP contribution in [-0.2, 0) is 4.74 Å². The molecule has 55 heavy (non-hydrogen) atoms. The Morgan fingerprint density at radius 3 is 1.27 bits per heavy atom. The van der Waals surface area contributed by atoms with Crippen LogP contribution in [-0.4, -0.2) is 13.2 Å². The van der Waals surface area contributed by atoms with Gasteiger partial charge >= 0.3 is 0 Å². The summed E-state index contributed by atoms with van der Waals surface area (Å²) in [5.74, 6) is 2.61. The predicted octanol–water partition coefficient (Wildman–Crippen LogP) is 15.7. The SMILES string of the molecule is CCCCCCCCCCCCOc1ccc(Br)cc1/C=C/C1=CC(=C(C#N)C#N)C=C(/C=C/c2cc(Br)ccc2OCCCCCCCCCCCC)O1. The van der Waals surface area contributed by atoms with E-state index in [9.17, 15) is 10.5 Å². The summed E-state index contributed by atoms with van der Waals surface area (Å²) in [7, 11) is 0. The van der Waals surface area contributed by atoms with E-state index in [1.54, 1.807) is 12.2 Å². The predicted molar refractivity (Wildman–Crippen MR) is 237 cm³/mol. The molecule has 0 aliphatic carbocycles. The molecule has 0 amide bonds. The van der Waals surface area contributed by atoms with E-state index < -0.39 is 0 Å². The second kappa shape index (κ2) is 28.8. The number of allylic oxidation sites excluding steroid dienone is 6. The van der Waals surface area contributed by atoms with Crippen LogP contribution in [0.2, 0.25) is 0 Å². The first-order valence-corrected chi connectivity index (χ1v) is 22.4. The Morgan fingerprint density at radius 1 is 0.545 bits per heavy atom. The minimum Gasteiger partial charge on any atom is -0.493 e. The number of hydrogen-bond donors (Lipinski definition) is 0. The molecule has 0 atom stereocenters. The van der Waals surface area contributed by atoms with Crippen molar-refractivity contribution < 1.29 is 14.2 Å². The molecule has 0 aromatic heterocycles. The average molecular weight is 875 g/mol. The summed E-state index contributed by atoms with van der Waals surface area (Å²) < 4.78 is 20.6. The quantitative estimate of drug-likeness (QED) is 0.0629. The molecule has 2 aromatic rings. The molecule has 0 unspecified atom stereocenters. The molecule has 0 saturated heterocycles. The highest BCUT2D eigenvalue weighted by Crippen LogP contribution is 2.30. The fourth-order valence-electron chi connectivity index (χ4n) is 6.45. The number of nitrogens with zero attached hydrogens (tertiary/aromatic N) is 2. The lowest BCUT2D eigenvalue weighted by Crippen LogP contribution is -2.00. The Morgan fingerprint density at radius 2 is 0.909 bits per heavy atom. The van der Waals surface area contributed by atoms with Gasteiger partial charge in [0.25, 0.3) is 0 Å². The Kier molecular flexibility index (Phi) is 24.0. The third kappa shape index (κ3) is 19.3. The molecule has 0 radical (unpaired) electrons. The Bertz CT molecular complexity index is 1560. The third-order valence-electron chi connectivity index (χ3n) is 9.65. The Balaban J connectivity index is 1.60. The molecule has 7 heteroatoms. The van der Waals surface area contributed by atoms with E-state index in [-0.39, 0.29) is 5.57 Å². The minimum atomic E-state index is 0.0195. The van der Waals surface area contributed by atoms with Crippen LogP contribution in [0.25, 0.3) is 12.2 Å². The van der Waals surface area contributed by atoms with Crippen molar-refractivity contribution in [3.8, 4) is 23.6 Å². The summed E-state index contributed by atoms with van der Waals surface area (Å²) in [6.07, 6.45) is 36.6. The standard InChI is InChI=1S/C48H62Br2N2O3/c1-3-5-7-9-11-13-15-17-19-21-31-53-47-29-25-43(49)33-39(47)23-27-45-35-41(42(37-51)38-52)36-46(55-45)28-24-40-34-44(50)26-30-48(40)54-32-22-20-18-16-14-12-10-8-6-4-2/h23-30,33-36H,3-22,31-32H2,1-2H3/b27-23+,28-24+. The number of unbranched alkanes of at least 4 members (excludes halogenated alkanes) is 18. The highest BCUT2D eigenvalue weighted by atomic mass is 79.9. The second-order valence-corrected chi connectivity index (χ2v) is 16.2. The van der Waals surface area contributed by atoms with Crippen molar-refractivity contribution in [1.29, 1.82) is 10.5 Å². The van der Waals surface area contributed by atoms with Gasteiger partial charge in [0.15, 0.2) is 0 Å². The van der Waals surface area contributed by atoms with Crippen LogP contribution in [0.15, 0.2) is 92.3 Å². The molecule has 2 aromatic carbocycles. The van der Waals surface area contributed by atoms with Gasteiger partial charge in [-0.05, 0) is 85.7 Å². The zero-order chi connectivity index (χ0) is 39.4. The van der Waals surface area contributed by atoms with Crippen molar-refractivity contribution in [3.63, 3.8) is 0 Å². The normalized spacial score (nSPS) is 12.7. The maximum Gasteiger partial charge on any atom is 0.137 e. The van der Waals surface area contributed by atoms with E-state index in [0.29, 0.717) is 30.3 Å². The summed E-state index contributed by atoms with van der Waals surface area (Å²) in [6, 6.07) is 16.0. The van der Waals surface area contributed by atoms with E-state index in [2.05, 4.69) is 45.7 Å². The number of benzene rings is 2. The fraction of sp³-hybridized carbons (Fsp3) is 0.500. The average Bonchev–Trinajstić information content (AvgIpc) is 3.19. The molecule has 1 aliphatic rings. The Labute approximate surface area is 349 Å². The minimum absolute atomic E-state index is 0.0195. The van der Waals surface area contributed by atoms with Crippen molar-refractivity contribution in [1.82, 2.24) is 0 Å². The van der Waals surface area contributed by atoms with E-state index in [1.165, 1.54) is 116 Å². The molecule has 296 valence electrons. The third-order valence-corrected chi connectivity index (χ3v) is 10.6. The largest absolute Gasteiger partial charge is 0.493 e. The second-order valence-electron chi connectivity index (χ2n) is 14.3. The van der Waals surface area contributed by atoms with Gasteiger partial charge in [0, 0.05) is 25.6 Å². The molecule has 1 heterocycles. The van der Waals surface area contributed by atoms with E-state index in [4.69, 9.17) is 14.2 Å². The highest BCUT2D eigenvalue weighted by Gasteiger charge is 2.13. The number of nitriles is 2. The van der Waals surface area contributed by atoms with Gasteiger partial charge in [0.2, 0.25) is 0 Å². The van der Waals surface area contributed by atoms with E-state index in [0.717, 1.165) is 44.4 Å². The lowest BCUT2D eigenvalue weighted by atomic mass is 10.0. The first-order valence-electron chi connectivity index (χ1n) is 20.8. The van der Waals surface area contributed by atoms with Crippen molar-refractivity contribution in [2.75, 3.05) is 13.2 Å². The van der Waals surface area contributed by atoms with E-state index >= 15 is 0 Å². The molecule has 0 bridgehead atoms. The molecule has 1 aliphatic heterocycles. The van der Waals surface area contributed by atoms with Crippen molar-refractivity contribution in [3.05, 3.63) is 103 Å². The number of hydrogen-bond acceptors (Lipinski definition) is 5. The topological polar surface area (TPSA) is 75.3 Å². The van der Waals surface area contributed by atoms with Gasteiger partial charge in [-0.2, -0.15) is 10.5 Å². The van der Waals surface area contributed by atoms with Crippen LogP contribution in [0.1, 0.15) is 153 Å². The van der Waals surface area contributed by atoms with Gasteiger partial charge in [-0.15, -0.1) is 0 Å². The van der Waals surface area contributed by atoms with Gasteiger partial charge < -0.3 is 14.2 Å². The molecular weight excluding hydrogens is 812 g/mol. The van der Waals surface area contributed by atoms with Gasteiger partial charge in [0.1, 0.15) is 40.7 Å². The van der Waals surface area contributed by atoms with Crippen LogP contribution in [0, 0.1) is 22.7 Å². The summed E-state index contributed by atoms with van der Waals surface area (Å²) in [6.45, 7) is 5.85. The van der Waals surface area contributed by atoms with Crippen LogP contribution < -0.4 is 9.47 Å². The lowest BCUT2D eigenvalue weighted by molar-refractivity contribution is 0.303. The molecule has 5 nitrogen and oxygen atoms in total. The monoisotopic (exact) mass is 872 g/mol. The fourth-order valence-corrected chi connectivity index (χ4v) is 7.21. The molecule has 0 spiro atoms. The van der Waals surface area contributed by atoms with Crippen molar-refractivity contribution >= 4 is 44.0 Å². The van der Waals surface area contributed by atoms with Crippen molar-refractivity contribution in [2.45, 2.75) is 142 Å². The number of ether oxygens (including phenoxy) is 3. The Hall–Kier alpha value is -3.52. The van der Waals surface area contributed by atoms with Gasteiger partial charge in [-0.25, -0.2) is 0 Å². The van der Waals surface area contributed by atoms with Crippen LogP contribution >= 0.6 is 31.9 Å². The van der Waals surface area contributed by atoms with Gasteiger partial charge in [-0.3, -0.25) is 0 Å². The zero-order valence-electron chi connectivity index (χ0n) is 33.4. The number of rotatable bonds is 28. The molecular formula is C48H62Br2N2O3.